The average molecular weight is 444 g/mol. The molecule has 2 aliphatic heterocycles. The van der Waals surface area contributed by atoms with E-state index in [4.69, 9.17) is 8.42 Å². The SMILES string of the molecule is CS(=O)(=O)N1CCC(=O)CC1.C[S-](=O)=O.O=C1CCNCC1.[Y]. The summed E-state index contributed by atoms with van der Waals surface area (Å²) in [6.45, 7) is 2.49. The molecule has 0 spiro atoms. The first-order valence-corrected chi connectivity index (χ1v) is 10.2. The fourth-order valence-electron chi connectivity index (χ4n) is 1.77. The van der Waals surface area contributed by atoms with E-state index in [0.29, 0.717) is 31.7 Å². The predicted molar refractivity (Wildman–Crippen MR) is 82.4 cm³/mol. The minimum Gasteiger partial charge on any atom is -0.424 e. The van der Waals surface area contributed by atoms with Crippen LogP contribution in [0.25, 0.3) is 0 Å². The first-order valence-electron chi connectivity index (χ1n) is 6.83. The fraction of sp³-hybridized carbons (Fsp3) is 0.833. The molecular weight excluding hydrogens is 421 g/mol. The van der Waals surface area contributed by atoms with Crippen LogP contribution < -0.4 is 5.32 Å². The predicted octanol–water partition coefficient (Wildman–Crippen LogP) is -0.527. The van der Waals surface area contributed by atoms with Crippen LogP contribution in [0.4, 0.5) is 0 Å². The Labute approximate surface area is 164 Å². The van der Waals surface area contributed by atoms with Gasteiger partial charge in [-0.15, -0.1) is 0 Å². The Morgan fingerprint density at radius 2 is 1.30 bits per heavy atom. The Morgan fingerprint density at radius 1 is 0.957 bits per heavy atom. The van der Waals surface area contributed by atoms with Gasteiger partial charge in [0, 0.05) is 84.6 Å². The van der Waals surface area contributed by atoms with Gasteiger partial charge in [0.2, 0.25) is 10.0 Å². The molecule has 1 N–H and O–H groups in total. The van der Waals surface area contributed by atoms with E-state index in [1.165, 1.54) is 10.6 Å². The van der Waals surface area contributed by atoms with Crippen molar-refractivity contribution in [3.63, 3.8) is 0 Å². The van der Waals surface area contributed by atoms with Crippen molar-refractivity contribution in [3.05, 3.63) is 0 Å². The van der Waals surface area contributed by atoms with Crippen molar-refractivity contribution in [1.82, 2.24) is 9.62 Å². The second-order valence-corrected chi connectivity index (χ2v) is 7.68. The minimum atomic E-state index is -3.07. The zero-order valence-corrected chi connectivity index (χ0v) is 17.9. The molecule has 2 aliphatic rings. The van der Waals surface area contributed by atoms with Crippen molar-refractivity contribution >= 4 is 32.3 Å². The first-order chi connectivity index (χ1) is 10.1. The van der Waals surface area contributed by atoms with Gasteiger partial charge in [0.25, 0.3) is 0 Å². The molecule has 0 bridgehead atoms. The van der Waals surface area contributed by atoms with Crippen LogP contribution in [0.15, 0.2) is 0 Å². The topological polar surface area (TPSA) is 118 Å². The maximum absolute atomic E-state index is 10.9. The summed E-state index contributed by atoms with van der Waals surface area (Å²) >= 11 is 0. The number of rotatable bonds is 1. The van der Waals surface area contributed by atoms with Crippen LogP contribution >= 0.6 is 0 Å². The minimum absolute atomic E-state index is 0. The van der Waals surface area contributed by atoms with Gasteiger partial charge < -0.3 is 13.7 Å². The molecule has 8 nitrogen and oxygen atoms in total. The maximum atomic E-state index is 10.9. The second kappa shape index (κ2) is 13.5. The summed E-state index contributed by atoms with van der Waals surface area (Å²) in [5, 5.41) is 3.09. The standard InChI is InChI=1S/C6H11NO3S.C5H9NO.CH3O2S.Y/c1-11(9,10)7-4-2-6(8)3-5-7;7-5-1-3-6-4-2-5;1-4(2)3;/h2-5H2,1H3;6H,1-4H2;1H3;/q;;-1;. The molecule has 0 aromatic carbocycles. The quantitative estimate of drug-likeness (QED) is 0.541. The average Bonchev–Trinajstić information content (AvgIpc) is 2.39. The number of nitrogens with one attached hydrogen (secondary N) is 1. The Morgan fingerprint density at radius 3 is 1.57 bits per heavy atom. The second-order valence-electron chi connectivity index (χ2n) is 4.89. The van der Waals surface area contributed by atoms with Crippen molar-refractivity contribution in [2.45, 2.75) is 25.7 Å². The van der Waals surface area contributed by atoms with Crippen LogP contribution in [0.5, 0.6) is 0 Å². The third kappa shape index (κ3) is 15.5. The summed E-state index contributed by atoms with van der Waals surface area (Å²) in [4.78, 5) is 21.1. The molecule has 0 aromatic rings. The molecule has 2 saturated heterocycles. The summed E-state index contributed by atoms with van der Waals surface area (Å²) in [5.41, 5.74) is 0. The van der Waals surface area contributed by atoms with Crippen LogP contribution in [-0.4, -0.2) is 63.0 Å². The van der Waals surface area contributed by atoms with Crippen LogP contribution in [0.3, 0.4) is 0 Å². The molecule has 0 aromatic heterocycles. The molecule has 2 rings (SSSR count). The smallest absolute Gasteiger partial charge is 0.211 e. The molecule has 133 valence electrons. The molecule has 0 atom stereocenters. The van der Waals surface area contributed by atoms with Gasteiger partial charge in [-0.1, -0.05) is 17.0 Å². The summed E-state index contributed by atoms with van der Waals surface area (Å²) in [5.74, 6) is 0.559. The molecule has 0 unspecified atom stereocenters. The molecule has 2 heterocycles. The number of carbonyl (C=O) groups is 2. The monoisotopic (exact) mass is 444 g/mol. The number of carbonyl (C=O) groups excluding carboxylic acids is 2. The number of hydrogen-bond donors (Lipinski definition) is 1. The summed E-state index contributed by atoms with van der Waals surface area (Å²) in [7, 11) is -4.93. The summed E-state index contributed by atoms with van der Waals surface area (Å²) in [6.07, 6.45) is 4.46. The van der Waals surface area contributed by atoms with Gasteiger partial charge in [-0.3, -0.25) is 9.59 Å². The number of piperidine rings is 2. The zero-order chi connectivity index (χ0) is 17.2. The molecule has 0 saturated carbocycles. The molecule has 0 aliphatic carbocycles. The van der Waals surface area contributed by atoms with Gasteiger partial charge in [-0.2, -0.15) is 0 Å². The van der Waals surface area contributed by atoms with Gasteiger partial charge in [-0.25, -0.2) is 12.7 Å². The molecule has 11 heteroatoms. The number of ketones is 2. The van der Waals surface area contributed by atoms with E-state index in [-0.39, 0.29) is 38.5 Å². The van der Waals surface area contributed by atoms with E-state index < -0.39 is 20.7 Å². The third-order valence-electron chi connectivity index (χ3n) is 2.91. The maximum Gasteiger partial charge on any atom is 0.211 e. The van der Waals surface area contributed by atoms with Crippen molar-refractivity contribution in [1.29, 1.82) is 0 Å². The van der Waals surface area contributed by atoms with E-state index in [1.807, 2.05) is 0 Å². The number of hydrogen-bond acceptors (Lipinski definition) is 8. The molecular formula is C12H23N2O6S2Y-. The van der Waals surface area contributed by atoms with E-state index in [2.05, 4.69) is 5.32 Å². The summed E-state index contributed by atoms with van der Waals surface area (Å²) in [6, 6.07) is 0. The van der Waals surface area contributed by atoms with Crippen molar-refractivity contribution < 1.29 is 59.1 Å². The Bertz CT molecular complexity index is 522. The first kappa shape index (κ1) is 25.5. The number of nitrogens with zero attached hydrogens (tertiary/aromatic N) is 1. The Balaban J connectivity index is 0. The van der Waals surface area contributed by atoms with Crippen molar-refractivity contribution in [2.75, 3.05) is 38.7 Å². The molecule has 2 fully saturated rings. The largest absolute Gasteiger partial charge is 0.424 e. The zero-order valence-electron chi connectivity index (χ0n) is 13.4. The van der Waals surface area contributed by atoms with Crippen LogP contribution in [0.1, 0.15) is 25.7 Å². The number of sulfonamides is 1. The Hall–Kier alpha value is 0.264. The number of Topliss-reactive ketones (excluding diaryl/α,β-unsaturated/α-hetero) is 2. The third-order valence-corrected chi connectivity index (χ3v) is 4.21. The van der Waals surface area contributed by atoms with Crippen LogP contribution in [0, 0.1) is 0 Å². The molecule has 23 heavy (non-hydrogen) atoms. The normalized spacial score (nSPS) is 18.9. The van der Waals surface area contributed by atoms with Gasteiger partial charge in [-0.05, 0) is 0 Å². The molecule has 1 radical (unpaired) electrons. The Kier molecular flexibility index (Phi) is 15.0. The van der Waals surface area contributed by atoms with E-state index >= 15 is 0 Å². The van der Waals surface area contributed by atoms with Crippen LogP contribution in [0.2, 0.25) is 0 Å². The van der Waals surface area contributed by atoms with E-state index in [1.54, 1.807) is 0 Å². The van der Waals surface area contributed by atoms with E-state index in [0.717, 1.165) is 32.2 Å². The van der Waals surface area contributed by atoms with E-state index in [9.17, 15) is 18.0 Å². The van der Waals surface area contributed by atoms with Gasteiger partial charge in [0.15, 0.2) is 0 Å². The molecule has 0 amide bonds. The van der Waals surface area contributed by atoms with Gasteiger partial charge in [0.1, 0.15) is 11.6 Å². The van der Waals surface area contributed by atoms with Crippen LogP contribution in [-0.2, 0) is 71.4 Å². The van der Waals surface area contributed by atoms with Gasteiger partial charge >= 0.3 is 0 Å². The summed E-state index contributed by atoms with van der Waals surface area (Å²) < 4.78 is 41.2. The fourth-order valence-corrected chi connectivity index (χ4v) is 2.62. The van der Waals surface area contributed by atoms with Crippen molar-refractivity contribution in [2.24, 2.45) is 0 Å². The van der Waals surface area contributed by atoms with Gasteiger partial charge in [0.05, 0.1) is 6.26 Å². The van der Waals surface area contributed by atoms with Crippen molar-refractivity contribution in [3.8, 4) is 0 Å².